The molecule has 0 atom stereocenters. The predicted molar refractivity (Wildman–Crippen MR) is 170 cm³/mol. The number of aromatic nitrogens is 2. The van der Waals surface area contributed by atoms with Gasteiger partial charge >= 0.3 is 0 Å². The molecule has 0 saturated carbocycles. The number of fused-ring (bicyclic) bond motifs is 1. The van der Waals surface area contributed by atoms with Crippen LogP contribution in [-0.4, -0.2) is 17.0 Å². The quantitative estimate of drug-likeness (QED) is 0.162. The summed E-state index contributed by atoms with van der Waals surface area (Å²) in [6.45, 7) is 12.9. The van der Waals surface area contributed by atoms with E-state index in [0.717, 1.165) is 45.4 Å². The number of hydrogen-bond acceptors (Lipinski definition) is 6. The first-order chi connectivity index (χ1) is 20.2. The van der Waals surface area contributed by atoms with Crippen LogP contribution in [0.15, 0.2) is 91.3 Å². The molecular formula is C36H34N5OPt-3. The van der Waals surface area contributed by atoms with Gasteiger partial charge in [0.15, 0.2) is 0 Å². The van der Waals surface area contributed by atoms with Crippen molar-refractivity contribution in [2.75, 3.05) is 21.7 Å². The summed E-state index contributed by atoms with van der Waals surface area (Å²) < 4.78 is 6.27. The third-order valence-corrected chi connectivity index (χ3v) is 7.43. The fourth-order valence-corrected chi connectivity index (χ4v) is 5.26. The van der Waals surface area contributed by atoms with Gasteiger partial charge in [0.05, 0.1) is 5.69 Å². The van der Waals surface area contributed by atoms with Crippen molar-refractivity contribution < 1.29 is 25.8 Å². The van der Waals surface area contributed by atoms with E-state index in [1.165, 1.54) is 5.56 Å². The molecule has 7 heteroatoms. The number of para-hydroxylation sites is 3. The van der Waals surface area contributed by atoms with Crippen LogP contribution in [0.5, 0.6) is 11.6 Å². The van der Waals surface area contributed by atoms with E-state index in [-0.39, 0.29) is 26.5 Å². The minimum atomic E-state index is -0.0204. The van der Waals surface area contributed by atoms with Gasteiger partial charge in [-0.3, -0.25) is 4.98 Å². The van der Waals surface area contributed by atoms with Gasteiger partial charge in [0.25, 0.3) is 0 Å². The van der Waals surface area contributed by atoms with E-state index in [9.17, 15) is 0 Å². The Kier molecular flexibility index (Phi) is 8.61. The summed E-state index contributed by atoms with van der Waals surface area (Å²) in [5.74, 6) is 1.74. The molecule has 0 amide bonds. The molecule has 0 saturated heterocycles. The van der Waals surface area contributed by atoms with Gasteiger partial charge in [-0.05, 0) is 73.5 Å². The van der Waals surface area contributed by atoms with E-state index in [1.54, 1.807) is 6.20 Å². The zero-order valence-electron chi connectivity index (χ0n) is 25.2. The maximum atomic E-state index is 6.27. The smallest absolute Gasteiger partial charge is 0.135 e. The van der Waals surface area contributed by atoms with E-state index in [4.69, 9.17) is 9.72 Å². The van der Waals surface area contributed by atoms with Gasteiger partial charge < -0.3 is 19.4 Å². The van der Waals surface area contributed by atoms with Gasteiger partial charge in [-0.25, -0.2) is 4.98 Å². The van der Waals surface area contributed by atoms with Crippen LogP contribution in [0.25, 0.3) is 0 Å². The third-order valence-electron chi connectivity index (χ3n) is 7.43. The van der Waals surface area contributed by atoms with Gasteiger partial charge in [-0.15, -0.1) is 18.2 Å². The second-order valence-corrected chi connectivity index (χ2v) is 11.6. The molecule has 3 heterocycles. The molecule has 0 spiro atoms. The van der Waals surface area contributed by atoms with Crippen molar-refractivity contribution in [3.8, 4) is 11.6 Å². The first kappa shape index (κ1) is 30.3. The van der Waals surface area contributed by atoms with Crippen LogP contribution in [0, 0.1) is 32.6 Å². The number of anilines is 6. The molecule has 0 aliphatic carbocycles. The molecule has 5 aromatic rings. The Hall–Kier alpha value is -4.15. The Morgan fingerprint density at radius 2 is 1.51 bits per heavy atom. The van der Waals surface area contributed by atoms with Crippen LogP contribution in [0.2, 0.25) is 0 Å². The molecule has 222 valence electrons. The second-order valence-electron chi connectivity index (χ2n) is 11.6. The summed E-state index contributed by atoms with van der Waals surface area (Å²) in [5, 5.41) is 0. The van der Waals surface area contributed by atoms with Crippen LogP contribution in [-0.2, 0) is 26.5 Å². The van der Waals surface area contributed by atoms with E-state index in [1.807, 2.05) is 56.3 Å². The molecular weight excluding hydrogens is 714 g/mol. The van der Waals surface area contributed by atoms with E-state index in [0.29, 0.717) is 11.6 Å². The van der Waals surface area contributed by atoms with Crippen LogP contribution in [0.4, 0.5) is 34.3 Å². The molecule has 6 nitrogen and oxygen atoms in total. The molecule has 1 aliphatic heterocycles. The van der Waals surface area contributed by atoms with Crippen LogP contribution >= 0.6 is 0 Å². The predicted octanol–water partition coefficient (Wildman–Crippen LogP) is 8.96. The number of ether oxygens (including phenoxy) is 1. The van der Waals surface area contributed by atoms with Crippen LogP contribution < -0.4 is 19.4 Å². The minimum absolute atomic E-state index is 0. The number of hydrogen-bond donors (Lipinski definition) is 0. The van der Waals surface area contributed by atoms with Crippen LogP contribution in [0.1, 0.15) is 37.5 Å². The molecule has 3 aromatic carbocycles. The average molecular weight is 748 g/mol. The van der Waals surface area contributed by atoms with Gasteiger partial charge in [0, 0.05) is 44.4 Å². The first-order valence-electron chi connectivity index (χ1n) is 14.1. The van der Waals surface area contributed by atoms with Crippen molar-refractivity contribution in [1.82, 2.24) is 9.97 Å². The Labute approximate surface area is 269 Å². The zero-order chi connectivity index (χ0) is 29.4. The Balaban J connectivity index is 0.00000368. The summed E-state index contributed by atoms with van der Waals surface area (Å²) in [4.78, 5) is 15.6. The number of pyridine rings is 2. The maximum Gasteiger partial charge on any atom is 0.135 e. The van der Waals surface area contributed by atoms with Crippen molar-refractivity contribution in [3.05, 3.63) is 127 Å². The topological polar surface area (TPSA) is 44.7 Å². The molecule has 2 aromatic heterocycles. The Morgan fingerprint density at radius 1 is 0.814 bits per heavy atom. The van der Waals surface area contributed by atoms with Gasteiger partial charge in [-0.2, -0.15) is 30.6 Å². The van der Waals surface area contributed by atoms with E-state index >= 15 is 0 Å². The number of rotatable bonds is 6. The standard InChI is InChI=1S/C36H34N5O.Pt/c1-25-11-9-12-26(2)35(25)41(33-21-27(17-19-37-33)36(3,4)5)29-13-10-14-30(22-29)42-34-23-28(18-20-38-34)40-24-39(6)31-15-7-8-16-32(31)40;/h7-21,24H,1-6H3;/q-3;. The normalized spacial score (nSPS) is 12.5. The molecule has 0 unspecified atom stereocenters. The summed E-state index contributed by atoms with van der Waals surface area (Å²) >= 11 is 0. The fourth-order valence-electron chi connectivity index (χ4n) is 5.26. The molecule has 0 bridgehead atoms. The first-order valence-corrected chi connectivity index (χ1v) is 14.1. The monoisotopic (exact) mass is 747 g/mol. The van der Waals surface area contributed by atoms with E-state index < -0.39 is 0 Å². The van der Waals surface area contributed by atoms with Crippen molar-refractivity contribution in [1.29, 1.82) is 0 Å². The minimum Gasteiger partial charge on any atom is -0.504 e. The van der Waals surface area contributed by atoms with E-state index in [2.05, 4.69) is 109 Å². The number of benzene rings is 3. The summed E-state index contributed by atoms with van der Waals surface area (Å²) in [6, 6.07) is 33.5. The fraction of sp³-hybridized carbons (Fsp3) is 0.194. The zero-order valence-corrected chi connectivity index (χ0v) is 27.5. The van der Waals surface area contributed by atoms with Crippen molar-refractivity contribution >= 4 is 34.3 Å². The third kappa shape index (κ3) is 6.16. The summed E-state index contributed by atoms with van der Waals surface area (Å²) in [6.07, 6.45) is 3.62. The molecule has 6 rings (SSSR count). The molecule has 0 fully saturated rings. The molecule has 0 radical (unpaired) electrons. The summed E-state index contributed by atoms with van der Waals surface area (Å²) in [5.41, 5.74) is 8.42. The molecule has 1 aliphatic rings. The number of aryl methyl sites for hydroxylation is 2. The van der Waals surface area contributed by atoms with Crippen molar-refractivity contribution in [2.24, 2.45) is 0 Å². The largest absolute Gasteiger partial charge is 0.504 e. The van der Waals surface area contributed by atoms with Crippen molar-refractivity contribution in [2.45, 2.75) is 40.0 Å². The van der Waals surface area contributed by atoms with Gasteiger partial charge in [-0.1, -0.05) is 56.8 Å². The second kappa shape index (κ2) is 12.2. The average Bonchev–Trinajstić information content (AvgIpc) is 3.31. The van der Waals surface area contributed by atoms with Gasteiger partial charge in [0.1, 0.15) is 11.7 Å². The Bertz CT molecular complexity index is 1730. The van der Waals surface area contributed by atoms with Crippen LogP contribution in [0.3, 0.4) is 0 Å². The Morgan fingerprint density at radius 3 is 2.26 bits per heavy atom. The van der Waals surface area contributed by atoms with Crippen molar-refractivity contribution in [3.63, 3.8) is 0 Å². The number of nitrogens with zero attached hydrogens (tertiary/aromatic N) is 5. The summed E-state index contributed by atoms with van der Waals surface area (Å²) in [7, 11) is 2.03. The SMILES string of the molecule is Cc1cccc(C)c1N(c1[c-]c(Oc2[c-]c(N3[CH-]N(C)c4ccccc43)ccn2)ccc1)c1cc(C(C)(C)C)ccn1.[Pt]. The molecule has 43 heavy (non-hydrogen) atoms. The maximum absolute atomic E-state index is 6.27. The van der Waals surface area contributed by atoms with Gasteiger partial charge in [0.2, 0.25) is 0 Å². The molecule has 0 N–H and O–H groups in total.